The number of rotatable bonds is 6. The van der Waals surface area contributed by atoms with E-state index < -0.39 is 0 Å². The molecule has 0 aromatic heterocycles. The summed E-state index contributed by atoms with van der Waals surface area (Å²) >= 11 is 0. The van der Waals surface area contributed by atoms with Crippen LogP contribution in [0, 0.1) is 5.92 Å². The standard InChI is InChI=1S/C18H29N3O/c1-4-10-20(5-2)17-8-6-16(7-9-17)18(22)21-13-15(12-19)11-14(21)3/h6-9,14-15H,4-5,10-13,19H2,1-3H3. The lowest BCUT2D eigenvalue weighted by Crippen LogP contribution is -2.34. The van der Waals surface area contributed by atoms with E-state index in [9.17, 15) is 4.79 Å². The number of carbonyl (C=O) groups is 1. The highest BCUT2D eigenvalue weighted by Gasteiger charge is 2.31. The minimum absolute atomic E-state index is 0.133. The van der Waals surface area contributed by atoms with Crippen LogP contribution in [0.5, 0.6) is 0 Å². The number of hydrogen-bond acceptors (Lipinski definition) is 3. The van der Waals surface area contributed by atoms with Gasteiger partial charge in [-0.3, -0.25) is 4.79 Å². The molecule has 4 nitrogen and oxygen atoms in total. The maximum atomic E-state index is 12.7. The van der Waals surface area contributed by atoms with Gasteiger partial charge in [-0.15, -0.1) is 0 Å². The highest BCUT2D eigenvalue weighted by atomic mass is 16.2. The largest absolute Gasteiger partial charge is 0.372 e. The fraction of sp³-hybridized carbons (Fsp3) is 0.611. The van der Waals surface area contributed by atoms with E-state index in [0.717, 1.165) is 38.0 Å². The average molecular weight is 303 g/mol. The summed E-state index contributed by atoms with van der Waals surface area (Å²) in [5.41, 5.74) is 7.72. The van der Waals surface area contributed by atoms with Crippen molar-refractivity contribution in [3.05, 3.63) is 29.8 Å². The van der Waals surface area contributed by atoms with Gasteiger partial charge in [-0.25, -0.2) is 0 Å². The van der Waals surface area contributed by atoms with Crippen LogP contribution in [0.4, 0.5) is 5.69 Å². The van der Waals surface area contributed by atoms with Crippen LogP contribution in [-0.4, -0.2) is 43.0 Å². The summed E-state index contributed by atoms with van der Waals surface area (Å²) in [6, 6.07) is 8.32. The third-order valence-electron chi connectivity index (χ3n) is 4.61. The Morgan fingerprint density at radius 3 is 2.50 bits per heavy atom. The smallest absolute Gasteiger partial charge is 0.254 e. The van der Waals surface area contributed by atoms with Crippen molar-refractivity contribution in [3.8, 4) is 0 Å². The highest BCUT2D eigenvalue weighted by Crippen LogP contribution is 2.25. The lowest BCUT2D eigenvalue weighted by atomic mass is 10.1. The summed E-state index contributed by atoms with van der Waals surface area (Å²) in [4.78, 5) is 17.0. The number of likely N-dealkylation sites (tertiary alicyclic amines) is 1. The molecular weight excluding hydrogens is 274 g/mol. The van der Waals surface area contributed by atoms with Crippen molar-refractivity contribution in [3.63, 3.8) is 0 Å². The van der Waals surface area contributed by atoms with Gasteiger partial charge in [0.15, 0.2) is 0 Å². The Bertz CT molecular complexity index is 486. The molecule has 2 rings (SSSR count). The molecule has 1 fully saturated rings. The van der Waals surface area contributed by atoms with Crippen molar-refractivity contribution in [2.24, 2.45) is 11.7 Å². The minimum Gasteiger partial charge on any atom is -0.372 e. The van der Waals surface area contributed by atoms with Gasteiger partial charge in [0.25, 0.3) is 5.91 Å². The fourth-order valence-corrected chi connectivity index (χ4v) is 3.32. The van der Waals surface area contributed by atoms with E-state index in [1.807, 2.05) is 17.0 Å². The van der Waals surface area contributed by atoms with E-state index in [-0.39, 0.29) is 11.9 Å². The Balaban J connectivity index is 2.08. The first-order valence-corrected chi connectivity index (χ1v) is 8.46. The van der Waals surface area contributed by atoms with Gasteiger partial charge in [-0.1, -0.05) is 6.92 Å². The van der Waals surface area contributed by atoms with Crippen LogP contribution in [0.1, 0.15) is 44.0 Å². The number of benzene rings is 1. The van der Waals surface area contributed by atoms with Crippen molar-refractivity contribution >= 4 is 11.6 Å². The second kappa shape index (κ2) is 7.63. The van der Waals surface area contributed by atoms with Gasteiger partial charge in [-0.2, -0.15) is 0 Å². The lowest BCUT2D eigenvalue weighted by molar-refractivity contribution is 0.0743. The van der Waals surface area contributed by atoms with Crippen molar-refractivity contribution < 1.29 is 4.79 Å². The third-order valence-corrected chi connectivity index (χ3v) is 4.61. The zero-order valence-electron chi connectivity index (χ0n) is 14.1. The van der Waals surface area contributed by atoms with Crippen LogP contribution >= 0.6 is 0 Å². The number of anilines is 1. The molecule has 122 valence electrons. The molecule has 0 saturated carbocycles. The van der Waals surface area contributed by atoms with Crippen LogP contribution in [0.3, 0.4) is 0 Å². The first-order valence-electron chi connectivity index (χ1n) is 8.46. The lowest BCUT2D eigenvalue weighted by Gasteiger charge is -2.24. The van der Waals surface area contributed by atoms with Gasteiger partial charge in [-0.05, 0) is 63.4 Å². The zero-order chi connectivity index (χ0) is 16.1. The molecule has 1 saturated heterocycles. The Morgan fingerprint density at radius 2 is 2.00 bits per heavy atom. The molecular formula is C18H29N3O. The van der Waals surface area contributed by atoms with Gasteiger partial charge in [0.1, 0.15) is 0 Å². The van der Waals surface area contributed by atoms with Crippen LogP contribution in [0.15, 0.2) is 24.3 Å². The van der Waals surface area contributed by atoms with Crippen molar-refractivity contribution in [1.82, 2.24) is 4.90 Å². The van der Waals surface area contributed by atoms with E-state index in [4.69, 9.17) is 5.73 Å². The first-order chi connectivity index (χ1) is 10.6. The Kier molecular flexibility index (Phi) is 5.83. The van der Waals surface area contributed by atoms with Crippen LogP contribution in [-0.2, 0) is 0 Å². The number of nitrogens with two attached hydrogens (primary N) is 1. The van der Waals surface area contributed by atoms with Crippen molar-refractivity contribution in [1.29, 1.82) is 0 Å². The van der Waals surface area contributed by atoms with E-state index in [1.54, 1.807) is 0 Å². The molecule has 0 radical (unpaired) electrons. The van der Waals surface area contributed by atoms with Gasteiger partial charge in [0.2, 0.25) is 0 Å². The zero-order valence-corrected chi connectivity index (χ0v) is 14.1. The molecule has 1 aromatic rings. The van der Waals surface area contributed by atoms with E-state index >= 15 is 0 Å². The summed E-state index contributed by atoms with van der Waals surface area (Å²) in [6.07, 6.45) is 2.14. The second-order valence-electron chi connectivity index (χ2n) is 6.27. The normalized spacial score (nSPS) is 21.2. The summed E-state index contributed by atoms with van der Waals surface area (Å²) in [5.74, 6) is 0.576. The fourth-order valence-electron chi connectivity index (χ4n) is 3.32. The van der Waals surface area contributed by atoms with Crippen LogP contribution in [0.25, 0.3) is 0 Å². The molecule has 1 heterocycles. The molecule has 0 spiro atoms. The second-order valence-corrected chi connectivity index (χ2v) is 6.27. The summed E-state index contributed by atoms with van der Waals surface area (Å²) in [5, 5.41) is 0. The predicted octanol–water partition coefficient (Wildman–Crippen LogP) is 2.73. The molecule has 2 atom stereocenters. The maximum Gasteiger partial charge on any atom is 0.254 e. The first kappa shape index (κ1) is 16.8. The molecule has 1 aliphatic heterocycles. The van der Waals surface area contributed by atoms with Crippen LogP contribution < -0.4 is 10.6 Å². The quantitative estimate of drug-likeness (QED) is 0.879. The Morgan fingerprint density at radius 1 is 1.32 bits per heavy atom. The summed E-state index contributed by atoms with van der Waals surface area (Å²) in [7, 11) is 0. The summed E-state index contributed by atoms with van der Waals surface area (Å²) < 4.78 is 0. The van der Waals surface area contributed by atoms with Crippen molar-refractivity contribution in [2.45, 2.75) is 39.7 Å². The Labute approximate surface area is 134 Å². The molecule has 1 aliphatic rings. The van der Waals surface area contributed by atoms with Gasteiger partial charge < -0.3 is 15.5 Å². The molecule has 0 aliphatic carbocycles. The molecule has 1 aromatic carbocycles. The maximum absolute atomic E-state index is 12.7. The van der Waals surface area contributed by atoms with Gasteiger partial charge in [0, 0.05) is 36.9 Å². The highest BCUT2D eigenvalue weighted by molar-refractivity contribution is 5.95. The van der Waals surface area contributed by atoms with E-state index in [1.165, 1.54) is 5.69 Å². The number of carbonyl (C=O) groups excluding carboxylic acids is 1. The van der Waals surface area contributed by atoms with E-state index in [0.29, 0.717) is 12.5 Å². The minimum atomic E-state index is 0.133. The number of nitrogens with zero attached hydrogens (tertiary/aromatic N) is 2. The SMILES string of the molecule is CCCN(CC)c1ccc(C(=O)N2CC(CN)CC2C)cc1. The van der Waals surface area contributed by atoms with Gasteiger partial charge >= 0.3 is 0 Å². The number of amides is 1. The number of hydrogen-bond donors (Lipinski definition) is 1. The third kappa shape index (κ3) is 3.61. The van der Waals surface area contributed by atoms with Crippen LogP contribution in [0.2, 0.25) is 0 Å². The monoisotopic (exact) mass is 303 g/mol. The average Bonchev–Trinajstić information content (AvgIpc) is 2.93. The molecule has 0 bridgehead atoms. The molecule has 4 heteroatoms. The molecule has 2 N–H and O–H groups in total. The summed E-state index contributed by atoms with van der Waals surface area (Å²) in [6.45, 7) is 9.94. The predicted molar refractivity (Wildman–Crippen MR) is 92.3 cm³/mol. The van der Waals surface area contributed by atoms with E-state index in [2.05, 4.69) is 37.8 Å². The molecule has 1 amide bonds. The molecule has 22 heavy (non-hydrogen) atoms. The molecule has 2 unspecified atom stereocenters. The van der Waals surface area contributed by atoms with Crippen molar-refractivity contribution in [2.75, 3.05) is 31.1 Å². The Hall–Kier alpha value is -1.55. The van der Waals surface area contributed by atoms with Gasteiger partial charge in [0.05, 0.1) is 0 Å². The topological polar surface area (TPSA) is 49.6 Å².